The van der Waals surface area contributed by atoms with Crippen LogP contribution in [0.3, 0.4) is 0 Å². The molecule has 0 radical (unpaired) electrons. The molecule has 0 spiro atoms. The van der Waals surface area contributed by atoms with E-state index in [1.807, 2.05) is 23.6 Å². The van der Waals surface area contributed by atoms with Crippen LogP contribution < -0.4 is 5.32 Å². The van der Waals surface area contributed by atoms with Gasteiger partial charge in [0.15, 0.2) is 0 Å². The van der Waals surface area contributed by atoms with Crippen LogP contribution in [-0.4, -0.2) is 29.0 Å². The number of hydrogen-bond acceptors (Lipinski definition) is 6. The van der Waals surface area contributed by atoms with Crippen molar-refractivity contribution in [2.45, 2.75) is 6.42 Å². The van der Waals surface area contributed by atoms with Gasteiger partial charge in [0.25, 0.3) is 0 Å². The second-order valence-corrected chi connectivity index (χ2v) is 6.01. The highest BCUT2D eigenvalue weighted by molar-refractivity contribution is 7.13. The van der Waals surface area contributed by atoms with E-state index in [-0.39, 0.29) is 12.3 Å². The average molecular weight is 353 g/mol. The standard InChI is InChI=1S/C18H15N3O3S/c1-24-18(23)12-5-7-13(8-6-12)20-16(22)10-14-11-25-17(21-14)15-4-2-3-9-19-15/h2-9,11H,10H2,1H3,(H,20,22). The third-order valence-corrected chi connectivity index (χ3v) is 4.28. The zero-order valence-electron chi connectivity index (χ0n) is 13.4. The Kier molecular flexibility index (Phi) is 5.15. The third kappa shape index (κ3) is 4.27. The number of ether oxygens (including phenoxy) is 1. The Morgan fingerprint density at radius 3 is 2.64 bits per heavy atom. The van der Waals surface area contributed by atoms with E-state index in [4.69, 9.17) is 0 Å². The van der Waals surface area contributed by atoms with Crippen molar-refractivity contribution in [2.75, 3.05) is 12.4 Å². The van der Waals surface area contributed by atoms with Gasteiger partial charge in [-0.05, 0) is 36.4 Å². The Balaban J connectivity index is 1.61. The van der Waals surface area contributed by atoms with Gasteiger partial charge in [-0.25, -0.2) is 9.78 Å². The van der Waals surface area contributed by atoms with Gasteiger partial charge < -0.3 is 10.1 Å². The lowest BCUT2D eigenvalue weighted by molar-refractivity contribution is -0.115. The van der Waals surface area contributed by atoms with Gasteiger partial charge in [-0.3, -0.25) is 9.78 Å². The Morgan fingerprint density at radius 1 is 1.16 bits per heavy atom. The second-order valence-electron chi connectivity index (χ2n) is 5.15. The molecular weight excluding hydrogens is 338 g/mol. The monoisotopic (exact) mass is 353 g/mol. The molecule has 7 heteroatoms. The number of benzene rings is 1. The summed E-state index contributed by atoms with van der Waals surface area (Å²) >= 11 is 1.45. The fraction of sp³-hybridized carbons (Fsp3) is 0.111. The summed E-state index contributed by atoms with van der Waals surface area (Å²) in [7, 11) is 1.32. The molecular formula is C18H15N3O3S. The fourth-order valence-electron chi connectivity index (χ4n) is 2.17. The van der Waals surface area contributed by atoms with E-state index in [1.165, 1.54) is 18.4 Å². The van der Waals surface area contributed by atoms with Crippen LogP contribution in [0.5, 0.6) is 0 Å². The van der Waals surface area contributed by atoms with E-state index in [9.17, 15) is 9.59 Å². The lowest BCUT2D eigenvalue weighted by Crippen LogP contribution is -2.14. The largest absolute Gasteiger partial charge is 0.465 e. The van der Waals surface area contributed by atoms with Crippen LogP contribution >= 0.6 is 11.3 Å². The summed E-state index contributed by atoms with van der Waals surface area (Å²) in [5, 5.41) is 5.42. The Hall–Kier alpha value is -3.06. The minimum absolute atomic E-state index is 0.169. The van der Waals surface area contributed by atoms with Crippen molar-refractivity contribution in [3.05, 3.63) is 65.3 Å². The number of amides is 1. The Labute approximate surface area is 148 Å². The molecule has 0 aliphatic heterocycles. The highest BCUT2D eigenvalue weighted by atomic mass is 32.1. The number of methoxy groups -OCH3 is 1. The molecule has 1 aromatic carbocycles. The first-order chi connectivity index (χ1) is 12.2. The molecule has 1 amide bonds. The maximum absolute atomic E-state index is 12.1. The van der Waals surface area contributed by atoms with Gasteiger partial charge >= 0.3 is 5.97 Å². The van der Waals surface area contributed by atoms with Crippen molar-refractivity contribution >= 4 is 28.9 Å². The number of esters is 1. The molecule has 2 aromatic heterocycles. The number of pyridine rings is 1. The molecule has 0 saturated carbocycles. The molecule has 1 N–H and O–H groups in total. The fourth-order valence-corrected chi connectivity index (χ4v) is 2.97. The van der Waals surface area contributed by atoms with E-state index in [0.29, 0.717) is 16.9 Å². The summed E-state index contributed by atoms with van der Waals surface area (Å²) in [6.07, 6.45) is 1.88. The van der Waals surface area contributed by atoms with Crippen molar-refractivity contribution in [2.24, 2.45) is 0 Å². The highest BCUT2D eigenvalue weighted by Crippen LogP contribution is 2.21. The van der Waals surface area contributed by atoms with E-state index in [2.05, 4.69) is 20.0 Å². The summed E-state index contributed by atoms with van der Waals surface area (Å²) < 4.78 is 4.64. The van der Waals surface area contributed by atoms with E-state index >= 15 is 0 Å². The van der Waals surface area contributed by atoms with Crippen LogP contribution in [0.1, 0.15) is 16.1 Å². The van der Waals surface area contributed by atoms with E-state index < -0.39 is 5.97 Å². The van der Waals surface area contributed by atoms with Gasteiger partial charge in [-0.1, -0.05) is 6.07 Å². The predicted octanol–water partition coefficient (Wildman–Crippen LogP) is 3.17. The van der Waals surface area contributed by atoms with E-state index in [1.54, 1.807) is 30.5 Å². The predicted molar refractivity (Wildman–Crippen MR) is 95.5 cm³/mol. The molecule has 0 saturated heterocycles. The topological polar surface area (TPSA) is 81.2 Å². The first-order valence-electron chi connectivity index (χ1n) is 7.50. The molecule has 0 atom stereocenters. The van der Waals surface area contributed by atoms with Crippen LogP contribution in [0.15, 0.2) is 54.0 Å². The van der Waals surface area contributed by atoms with Crippen molar-refractivity contribution in [3.63, 3.8) is 0 Å². The number of carbonyl (C=O) groups is 2. The second kappa shape index (κ2) is 7.67. The lowest BCUT2D eigenvalue weighted by atomic mass is 10.2. The van der Waals surface area contributed by atoms with E-state index in [0.717, 1.165) is 10.7 Å². The lowest BCUT2D eigenvalue weighted by Gasteiger charge is -2.05. The van der Waals surface area contributed by atoms with Crippen LogP contribution in [0.25, 0.3) is 10.7 Å². The number of nitrogens with zero attached hydrogens (tertiary/aromatic N) is 2. The maximum atomic E-state index is 12.1. The smallest absolute Gasteiger partial charge is 0.337 e. The van der Waals surface area contributed by atoms with Crippen LogP contribution in [0.4, 0.5) is 5.69 Å². The number of anilines is 1. The van der Waals surface area contributed by atoms with Crippen LogP contribution in [0, 0.1) is 0 Å². The normalized spacial score (nSPS) is 10.3. The molecule has 0 unspecified atom stereocenters. The van der Waals surface area contributed by atoms with Gasteiger partial charge in [0.05, 0.1) is 30.5 Å². The minimum atomic E-state index is -0.414. The summed E-state index contributed by atoms with van der Waals surface area (Å²) in [5.74, 6) is -0.592. The van der Waals surface area contributed by atoms with Crippen molar-refractivity contribution < 1.29 is 14.3 Å². The number of rotatable bonds is 5. The number of hydrogen-bond donors (Lipinski definition) is 1. The Morgan fingerprint density at radius 2 is 1.96 bits per heavy atom. The van der Waals surface area contributed by atoms with Crippen molar-refractivity contribution in [1.29, 1.82) is 0 Å². The quantitative estimate of drug-likeness (QED) is 0.713. The van der Waals surface area contributed by atoms with Crippen molar-refractivity contribution in [1.82, 2.24) is 9.97 Å². The zero-order valence-corrected chi connectivity index (χ0v) is 14.2. The summed E-state index contributed by atoms with van der Waals surface area (Å²) in [4.78, 5) is 32.2. The van der Waals surface area contributed by atoms with Crippen molar-refractivity contribution in [3.8, 4) is 10.7 Å². The third-order valence-electron chi connectivity index (χ3n) is 3.37. The molecule has 3 aromatic rings. The number of nitrogens with one attached hydrogen (secondary N) is 1. The number of thiazole rings is 1. The highest BCUT2D eigenvalue weighted by Gasteiger charge is 2.10. The van der Waals surface area contributed by atoms with Gasteiger partial charge in [-0.15, -0.1) is 11.3 Å². The van der Waals surface area contributed by atoms with Gasteiger partial charge in [-0.2, -0.15) is 0 Å². The first-order valence-corrected chi connectivity index (χ1v) is 8.37. The number of aromatic nitrogens is 2. The zero-order chi connectivity index (χ0) is 17.6. The molecule has 0 bridgehead atoms. The molecule has 0 aliphatic carbocycles. The SMILES string of the molecule is COC(=O)c1ccc(NC(=O)Cc2csc(-c3ccccn3)n2)cc1. The molecule has 3 rings (SSSR count). The van der Waals surface area contributed by atoms with Crippen LogP contribution in [-0.2, 0) is 16.0 Å². The minimum Gasteiger partial charge on any atom is -0.465 e. The average Bonchev–Trinajstić information content (AvgIpc) is 3.10. The summed E-state index contributed by atoms with van der Waals surface area (Å²) in [5.41, 5.74) is 2.52. The summed E-state index contributed by atoms with van der Waals surface area (Å²) in [6, 6.07) is 12.1. The molecule has 126 valence electrons. The molecule has 6 nitrogen and oxygen atoms in total. The molecule has 0 fully saturated rings. The summed E-state index contributed by atoms with van der Waals surface area (Å²) in [6.45, 7) is 0. The van der Waals surface area contributed by atoms with Gasteiger partial charge in [0.2, 0.25) is 5.91 Å². The molecule has 25 heavy (non-hydrogen) atoms. The maximum Gasteiger partial charge on any atom is 0.337 e. The molecule has 2 heterocycles. The number of carbonyl (C=O) groups excluding carboxylic acids is 2. The Bertz CT molecular complexity index is 876. The van der Waals surface area contributed by atoms with Gasteiger partial charge in [0.1, 0.15) is 5.01 Å². The van der Waals surface area contributed by atoms with Crippen LogP contribution in [0.2, 0.25) is 0 Å². The van der Waals surface area contributed by atoms with Gasteiger partial charge in [0, 0.05) is 17.3 Å². The first kappa shape index (κ1) is 16.8. The molecule has 0 aliphatic rings.